The van der Waals surface area contributed by atoms with Crippen molar-refractivity contribution in [3.05, 3.63) is 179 Å². The quantitative estimate of drug-likeness (QED) is 0.0822. The number of rotatable bonds is 20. The van der Waals surface area contributed by atoms with Crippen molar-refractivity contribution in [3.8, 4) is 0 Å². The van der Waals surface area contributed by atoms with Crippen LogP contribution in [0.3, 0.4) is 0 Å². The van der Waals surface area contributed by atoms with E-state index >= 15 is 0 Å². The van der Waals surface area contributed by atoms with E-state index in [2.05, 4.69) is 10.6 Å². The Balaban J connectivity index is 1.26. The van der Waals surface area contributed by atoms with E-state index in [0.717, 1.165) is 27.8 Å². The highest BCUT2D eigenvalue weighted by molar-refractivity contribution is 5.88. The van der Waals surface area contributed by atoms with Crippen LogP contribution in [0.5, 0.6) is 0 Å². The molecule has 0 saturated carbocycles. The first-order valence-electron chi connectivity index (χ1n) is 19.5. The molecule has 6 rings (SSSR count). The lowest BCUT2D eigenvalue weighted by atomic mass is 9.96. The van der Waals surface area contributed by atoms with E-state index in [1.807, 2.05) is 140 Å². The van der Waals surface area contributed by atoms with E-state index in [9.17, 15) is 14.4 Å². The Hall–Kier alpha value is -5.89. The number of amides is 2. The fourth-order valence-corrected chi connectivity index (χ4v) is 6.55. The van der Waals surface area contributed by atoms with Crippen LogP contribution in [-0.4, -0.2) is 68.4 Å². The Morgan fingerprint density at radius 2 is 0.983 bits per heavy atom. The zero-order valence-electron chi connectivity index (χ0n) is 32.9. The third kappa shape index (κ3) is 13.6. The van der Waals surface area contributed by atoms with Crippen LogP contribution in [0.1, 0.15) is 34.2 Å². The number of hydrogen-bond donors (Lipinski definition) is 2. The Kier molecular flexibility index (Phi) is 16.6. The van der Waals surface area contributed by atoms with Crippen LogP contribution in [0.25, 0.3) is 0 Å². The van der Waals surface area contributed by atoms with Gasteiger partial charge in [-0.15, -0.1) is 0 Å². The van der Waals surface area contributed by atoms with Crippen LogP contribution in [0.2, 0.25) is 0 Å². The van der Waals surface area contributed by atoms with Crippen molar-refractivity contribution in [1.82, 2.24) is 10.6 Å². The summed E-state index contributed by atoms with van der Waals surface area (Å²) < 4.78 is 43.3. The number of carbonyl (C=O) groups is 3. The number of nitrogens with one attached hydrogen (secondary N) is 2. The third-order valence-electron chi connectivity index (χ3n) is 9.57. The van der Waals surface area contributed by atoms with E-state index < -0.39 is 61.1 Å². The largest absolute Gasteiger partial charge is 0.467 e. The Morgan fingerprint density at radius 3 is 1.46 bits per heavy atom. The molecule has 12 nitrogen and oxygen atoms in total. The molecule has 2 amide bonds. The first-order valence-corrected chi connectivity index (χ1v) is 19.5. The summed E-state index contributed by atoms with van der Waals surface area (Å²) in [5, 5.41) is 5.40. The Bertz CT molecular complexity index is 1990. The third-order valence-corrected chi connectivity index (χ3v) is 9.57. The second-order valence-electron chi connectivity index (χ2n) is 13.9. The number of esters is 1. The van der Waals surface area contributed by atoms with Crippen LogP contribution in [-0.2, 0) is 75.8 Å². The smallest absolute Gasteiger partial charge is 0.408 e. The summed E-state index contributed by atoms with van der Waals surface area (Å²) in [6.07, 6.45) is -5.70. The zero-order valence-corrected chi connectivity index (χ0v) is 32.9. The molecule has 1 fully saturated rings. The number of carbonyl (C=O) groups excluding carboxylic acids is 3. The predicted octanol–water partition coefficient (Wildman–Crippen LogP) is 6.66. The SMILES string of the molecule is COC(=O)[C@H](CC(=O)N[C@@H]1O[C@H](COCc2ccccc2)[C@@H](OCc2ccccc2)[C@H](OCc2ccccc2)[C@H]1OCc1ccccc1)NC(=O)OCc1ccccc1. The molecule has 2 N–H and O–H groups in total. The lowest BCUT2D eigenvalue weighted by molar-refractivity contribution is -0.277. The second-order valence-corrected chi connectivity index (χ2v) is 13.9. The minimum Gasteiger partial charge on any atom is -0.467 e. The summed E-state index contributed by atoms with van der Waals surface area (Å²) in [6, 6.07) is 46.6. The molecule has 5 aromatic carbocycles. The summed E-state index contributed by atoms with van der Waals surface area (Å²) in [6.45, 7) is 0.960. The molecule has 0 radical (unpaired) electrons. The number of alkyl carbamates (subject to hydrolysis) is 1. The van der Waals surface area contributed by atoms with E-state index in [1.165, 1.54) is 7.11 Å². The molecule has 1 aliphatic rings. The van der Waals surface area contributed by atoms with Gasteiger partial charge in [0.15, 0.2) is 6.23 Å². The average molecular weight is 803 g/mol. The molecule has 0 unspecified atom stereocenters. The van der Waals surface area contributed by atoms with Gasteiger partial charge in [-0.3, -0.25) is 4.79 Å². The number of methoxy groups -OCH3 is 1. The highest BCUT2D eigenvalue weighted by Crippen LogP contribution is 2.30. The lowest BCUT2D eigenvalue weighted by Gasteiger charge is -2.46. The maximum absolute atomic E-state index is 14.0. The molecular weight excluding hydrogens is 753 g/mol. The standard InChI is InChI=1S/C47H50N2O10/c1-53-46(51)39(48-47(52)58-32-38-25-15-6-16-26-38)27-41(50)49-45-44(57-31-37-23-13-5-14-24-37)43(56-30-36-21-11-4-12-22-36)42(55-29-35-19-9-3-10-20-35)40(59-45)33-54-28-34-17-7-2-8-18-34/h2-26,39-40,42-45H,27-33H2,1H3,(H,48,52)(H,49,50)/t39-,40+,42+,43-,44+,45+/m0/s1. The average Bonchev–Trinajstić information content (AvgIpc) is 3.28. The minimum atomic E-state index is -1.37. The molecule has 1 saturated heterocycles. The summed E-state index contributed by atoms with van der Waals surface area (Å²) in [4.78, 5) is 39.6. The van der Waals surface area contributed by atoms with Crippen molar-refractivity contribution < 1.29 is 47.5 Å². The van der Waals surface area contributed by atoms with Crippen molar-refractivity contribution in [2.45, 2.75) is 76.1 Å². The first kappa shape index (κ1) is 42.7. The molecule has 5 aromatic rings. The van der Waals surface area contributed by atoms with Gasteiger partial charge in [0.25, 0.3) is 0 Å². The molecule has 0 aliphatic carbocycles. The van der Waals surface area contributed by atoms with Gasteiger partial charge in [-0.25, -0.2) is 9.59 Å². The van der Waals surface area contributed by atoms with Gasteiger partial charge in [-0.1, -0.05) is 152 Å². The minimum absolute atomic E-state index is 0.0330. The van der Waals surface area contributed by atoms with Crippen LogP contribution < -0.4 is 10.6 Å². The van der Waals surface area contributed by atoms with Gasteiger partial charge in [0.1, 0.15) is 37.1 Å². The second kappa shape index (κ2) is 22.9. The van der Waals surface area contributed by atoms with Gasteiger partial charge in [0, 0.05) is 0 Å². The van der Waals surface area contributed by atoms with Crippen molar-refractivity contribution in [1.29, 1.82) is 0 Å². The number of ether oxygens (including phenoxy) is 7. The molecule has 0 aromatic heterocycles. The maximum atomic E-state index is 14.0. The monoisotopic (exact) mass is 802 g/mol. The first-order chi connectivity index (χ1) is 28.9. The lowest BCUT2D eigenvalue weighted by Crippen LogP contribution is -2.65. The zero-order chi connectivity index (χ0) is 41.1. The summed E-state index contributed by atoms with van der Waals surface area (Å²) in [7, 11) is 1.17. The highest BCUT2D eigenvalue weighted by Gasteiger charge is 2.49. The molecule has 0 spiro atoms. The van der Waals surface area contributed by atoms with E-state index in [4.69, 9.17) is 33.2 Å². The van der Waals surface area contributed by atoms with Crippen LogP contribution in [0, 0.1) is 0 Å². The van der Waals surface area contributed by atoms with E-state index in [1.54, 1.807) is 12.1 Å². The molecule has 1 heterocycles. The Labute approximate surface area is 344 Å². The van der Waals surface area contributed by atoms with Gasteiger partial charge < -0.3 is 43.8 Å². The van der Waals surface area contributed by atoms with Crippen molar-refractivity contribution in [3.63, 3.8) is 0 Å². The van der Waals surface area contributed by atoms with Crippen molar-refractivity contribution >= 4 is 18.0 Å². The predicted molar refractivity (Wildman–Crippen MR) is 218 cm³/mol. The topological polar surface area (TPSA) is 140 Å². The summed E-state index contributed by atoms with van der Waals surface area (Å²) in [5.41, 5.74) is 4.48. The molecule has 12 heteroatoms. The van der Waals surface area contributed by atoms with Crippen LogP contribution in [0.4, 0.5) is 4.79 Å². The summed E-state index contributed by atoms with van der Waals surface area (Å²) >= 11 is 0. The summed E-state index contributed by atoms with van der Waals surface area (Å²) in [5.74, 6) is -1.46. The number of hydrogen-bond acceptors (Lipinski definition) is 10. The van der Waals surface area contributed by atoms with Gasteiger partial charge in [-0.05, 0) is 27.8 Å². The molecule has 308 valence electrons. The molecule has 0 bridgehead atoms. The van der Waals surface area contributed by atoms with Crippen LogP contribution >= 0.6 is 0 Å². The highest BCUT2D eigenvalue weighted by atomic mass is 16.6. The van der Waals surface area contributed by atoms with Gasteiger partial charge in [0.2, 0.25) is 5.91 Å². The normalized spacial score (nSPS) is 19.2. The molecule has 6 atom stereocenters. The Morgan fingerprint density at radius 1 is 0.559 bits per heavy atom. The van der Waals surface area contributed by atoms with Crippen molar-refractivity contribution in [2.75, 3.05) is 13.7 Å². The van der Waals surface area contributed by atoms with Gasteiger partial charge in [0.05, 0.1) is 46.6 Å². The van der Waals surface area contributed by atoms with Gasteiger partial charge in [-0.2, -0.15) is 0 Å². The fourth-order valence-electron chi connectivity index (χ4n) is 6.55. The van der Waals surface area contributed by atoms with Gasteiger partial charge >= 0.3 is 12.1 Å². The molecule has 59 heavy (non-hydrogen) atoms. The van der Waals surface area contributed by atoms with Crippen LogP contribution in [0.15, 0.2) is 152 Å². The number of benzene rings is 5. The van der Waals surface area contributed by atoms with E-state index in [0.29, 0.717) is 6.61 Å². The molecule has 1 aliphatic heterocycles. The maximum Gasteiger partial charge on any atom is 0.408 e. The van der Waals surface area contributed by atoms with E-state index in [-0.39, 0.29) is 33.0 Å². The fraction of sp³-hybridized carbons (Fsp3) is 0.298. The molecular formula is C47H50N2O10. The van der Waals surface area contributed by atoms with Crippen molar-refractivity contribution in [2.24, 2.45) is 0 Å².